The third-order valence-electron chi connectivity index (χ3n) is 1.64. The van der Waals surface area contributed by atoms with Gasteiger partial charge in [-0.3, -0.25) is 9.13 Å². The minimum absolute atomic E-state index is 0.109. The van der Waals surface area contributed by atoms with Crippen LogP contribution in [0.5, 0.6) is 0 Å². The number of hydrogen-bond donors (Lipinski definition) is 1. The maximum absolute atomic E-state index is 11.9. The molecular weight excluding hydrogens is 254 g/mol. The van der Waals surface area contributed by atoms with Crippen LogP contribution in [0.25, 0.3) is 0 Å². The first-order chi connectivity index (χ1) is 7.39. The molecule has 98 valence electrons. The predicted molar refractivity (Wildman–Crippen MR) is 62.0 cm³/mol. The Balaban J connectivity index is 4.32. The smallest absolute Gasteiger partial charge is 0.324 e. The average Bonchev–Trinajstić information content (AvgIpc) is 2.16. The molecule has 0 saturated carbocycles. The Bertz CT molecular complexity index is 270. The van der Waals surface area contributed by atoms with E-state index < -0.39 is 15.2 Å². The van der Waals surface area contributed by atoms with Crippen LogP contribution in [0.4, 0.5) is 0 Å². The lowest BCUT2D eigenvalue weighted by atomic mass is 10.9. The highest BCUT2D eigenvalue weighted by molar-refractivity contribution is 7.57. The van der Waals surface area contributed by atoms with Crippen molar-refractivity contribution in [2.24, 2.45) is 0 Å². The van der Waals surface area contributed by atoms with Crippen molar-refractivity contribution in [2.75, 3.05) is 32.1 Å². The molecule has 0 aliphatic rings. The molecule has 0 saturated heterocycles. The summed E-state index contributed by atoms with van der Waals surface area (Å²) in [5.74, 6) is 0. The summed E-state index contributed by atoms with van der Waals surface area (Å²) in [4.78, 5) is 9.32. The van der Waals surface area contributed by atoms with E-state index in [-0.39, 0.29) is 32.1 Å². The summed E-state index contributed by atoms with van der Waals surface area (Å²) < 4.78 is 37.9. The van der Waals surface area contributed by atoms with Crippen LogP contribution in [0, 0.1) is 0 Å². The highest BCUT2D eigenvalue weighted by atomic mass is 31.2. The van der Waals surface area contributed by atoms with Gasteiger partial charge in [-0.25, -0.2) is 0 Å². The van der Waals surface area contributed by atoms with E-state index in [1.807, 2.05) is 0 Å². The van der Waals surface area contributed by atoms with Crippen molar-refractivity contribution in [3.8, 4) is 0 Å². The van der Waals surface area contributed by atoms with Crippen molar-refractivity contribution in [1.29, 1.82) is 0 Å². The third-order valence-corrected chi connectivity index (χ3v) is 5.52. The van der Waals surface area contributed by atoms with Crippen LogP contribution < -0.4 is 0 Å². The van der Waals surface area contributed by atoms with Crippen molar-refractivity contribution in [3.63, 3.8) is 0 Å². The fourth-order valence-corrected chi connectivity index (χ4v) is 4.72. The van der Waals surface area contributed by atoms with Gasteiger partial charge in [-0.1, -0.05) is 0 Å². The molecule has 0 heterocycles. The van der Waals surface area contributed by atoms with Gasteiger partial charge in [0, 0.05) is 0 Å². The zero-order valence-corrected chi connectivity index (χ0v) is 11.7. The fraction of sp³-hybridized carbons (Fsp3) is 1.00. The largest absolute Gasteiger partial charge is 0.331 e. The maximum Gasteiger partial charge on any atom is 0.331 e. The van der Waals surface area contributed by atoms with Gasteiger partial charge >= 0.3 is 15.2 Å². The molecule has 0 aromatic rings. The van der Waals surface area contributed by atoms with Gasteiger partial charge < -0.3 is 18.5 Å². The Morgan fingerprint density at radius 1 is 0.875 bits per heavy atom. The molecule has 1 atom stereocenters. The first kappa shape index (κ1) is 16.3. The molecule has 0 fully saturated rings. The van der Waals surface area contributed by atoms with Crippen LogP contribution in [-0.4, -0.2) is 37.0 Å². The van der Waals surface area contributed by atoms with Gasteiger partial charge in [0.1, 0.15) is 0 Å². The summed E-state index contributed by atoms with van der Waals surface area (Å²) in [7, 11) is -6.92. The normalized spacial score (nSPS) is 16.0. The van der Waals surface area contributed by atoms with E-state index in [4.69, 9.17) is 9.05 Å². The van der Waals surface area contributed by atoms with Crippen LogP contribution in [0.1, 0.15) is 20.8 Å². The Hall–Kier alpha value is 0.300. The van der Waals surface area contributed by atoms with E-state index in [1.165, 1.54) is 0 Å². The lowest BCUT2D eigenvalue weighted by molar-refractivity contribution is 0.219. The summed E-state index contributed by atoms with van der Waals surface area (Å²) in [6.07, 6.45) is -0.333. The topological polar surface area (TPSA) is 82.1 Å². The van der Waals surface area contributed by atoms with Crippen LogP contribution in [0.15, 0.2) is 0 Å². The summed E-state index contributed by atoms with van der Waals surface area (Å²) in [5.41, 5.74) is 0. The Kier molecular flexibility index (Phi) is 7.73. The Morgan fingerprint density at radius 3 is 1.69 bits per heavy atom. The molecule has 0 rings (SSSR count). The summed E-state index contributed by atoms with van der Waals surface area (Å²) in [6, 6.07) is 0. The van der Waals surface area contributed by atoms with Crippen molar-refractivity contribution >= 4 is 15.2 Å². The van der Waals surface area contributed by atoms with Crippen LogP contribution in [0.2, 0.25) is 0 Å². The monoisotopic (exact) mass is 274 g/mol. The number of hydrogen-bond acceptors (Lipinski definition) is 5. The second-order valence-electron chi connectivity index (χ2n) is 2.95. The molecule has 1 unspecified atom stereocenters. The molecule has 0 aliphatic carbocycles. The molecule has 0 aliphatic heterocycles. The number of rotatable bonds is 9. The van der Waals surface area contributed by atoms with Crippen molar-refractivity contribution in [2.45, 2.75) is 20.8 Å². The minimum Gasteiger partial charge on any atom is -0.324 e. The zero-order chi connectivity index (χ0) is 12.7. The molecular formula is C8H20O6P2. The van der Waals surface area contributed by atoms with Crippen molar-refractivity contribution in [1.82, 2.24) is 0 Å². The second kappa shape index (κ2) is 7.59. The first-order valence-electron chi connectivity index (χ1n) is 5.23. The summed E-state index contributed by atoms with van der Waals surface area (Å²) >= 11 is 0. The summed E-state index contributed by atoms with van der Waals surface area (Å²) in [5, 5.41) is 0. The molecule has 16 heavy (non-hydrogen) atoms. The van der Waals surface area contributed by atoms with E-state index in [0.29, 0.717) is 0 Å². The zero-order valence-electron chi connectivity index (χ0n) is 9.92. The van der Waals surface area contributed by atoms with Crippen LogP contribution in [-0.2, 0) is 22.7 Å². The van der Waals surface area contributed by atoms with Gasteiger partial charge in [0.05, 0.1) is 32.1 Å². The van der Waals surface area contributed by atoms with E-state index in [1.54, 1.807) is 20.8 Å². The Morgan fingerprint density at radius 2 is 1.31 bits per heavy atom. The lowest BCUT2D eigenvalue weighted by Gasteiger charge is -2.18. The summed E-state index contributed by atoms with van der Waals surface area (Å²) in [6.45, 7) is 5.61. The third kappa shape index (κ3) is 6.79. The SMILES string of the molecule is CCOP(=O)(O)CCP(=O)(OCC)OCC. The second-order valence-corrected chi connectivity index (χ2v) is 7.11. The molecule has 0 aromatic heterocycles. The molecule has 0 radical (unpaired) electrons. The van der Waals surface area contributed by atoms with Gasteiger partial charge in [-0.05, 0) is 20.8 Å². The van der Waals surface area contributed by atoms with Crippen LogP contribution >= 0.6 is 15.2 Å². The van der Waals surface area contributed by atoms with Gasteiger partial charge in [-0.2, -0.15) is 0 Å². The van der Waals surface area contributed by atoms with Gasteiger partial charge in [0.15, 0.2) is 0 Å². The van der Waals surface area contributed by atoms with Crippen molar-refractivity contribution in [3.05, 3.63) is 0 Å². The Labute approximate surface area is 96.4 Å². The van der Waals surface area contributed by atoms with Crippen molar-refractivity contribution < 1.29 is 27.6 Å². The van der Waals surface area contributed by atoms with Crippen LogP contribution in [0.3, 0.4) is 0 Å². The fourth-order valence-electron chi connectivity index (χ4n) is 1.07. The van der Waals surface area contributed by atoms with E-state index in [2.05, 4.69) is 4.52 Å². The maximum atomic E-state index is 11.9. The molecule has 0 aromatic carbocycles. The van der Waals surface area contributed by atoms with Gasteiger partial charge in [-0.15, -0.1) is 0 Å². The minimum atomic E-state index is -3.67. The standard InChI is InChI=1S/C8H20O6P2/c1-4-12-15(9,10)7-8-16(11,13-5-2)14-6-3/h4-8H2,1-3H3,(H,9,10). The lowest BCUT2D eigenvalue weighted by Crippen LogP contribution is -2.05. The molecule has 8 heteroatoms. The quantitative estimate of drug-likeness (QED) is 0.650. The molecule has 0 spiro atoms. The molecule has 6 nitrogen and oxygen atoms in total. The van der Waals surface area contributed by atoms with E-state index in [9.17, 15) is 14.0 Å². The van der Waals surface area contributed by atoms with Gasteiger partial charge in [0.25, 0.3) is 0 Å². The average molecular weight is 274 g/mol. The van der Waals surface area contributed by atoms with Gasteiger partial charge in [0.2, 0.25) is 0 Å². The molecule has 0 amide bonds. The highest BCUT2D eigenvalue weighted by Crippen LogP contribution is 2.52. The molecule has 0 bridgehead atoms. The first-order valence-corrected chi connectivity index (χ1v) is 8.72. The molecule has 1 N–H and O–H groups in total. The van der Waals surface area contributed by atoms with E-state index >= 15 is 0 Å². The highest BCUT2D eigenvalue weighted by Gasteiger charge is 2.29. The van der Waals surface area contributed by atoms with E-state index in [0.717, 1.165) is 0 Å². The predicted octanol–water partition coefficient (Wildman–Crippen LogP) is 2.47.